The van der Waals surface area contributed by atoms with Crippen LogP contribution in [0.1, 0.15) is 64.6 Å². The van der Waals surface area contributed by atoms with Gasteiger partial charge in [-0.2, -0.15) is 0 Å². The highest BCUT2D eigenvalue weighted by Gasteiger charge is 2.14. The molecule has 0 N–H and O–H groups in total. The fourth-order valence-corrected chi connectivity index (χ4v) is 5.93. The van der Waals surface area contributed by atoms with Crippen LogP contribution in [-0.2, 0) is 13.1 Å². The lowest BCUT2D eigenvalue weighted by Crippen LogP contribution is -2.20. The molecule has 0 radical (unpaired) electrons. The first kappa shape index (κ1) is 25.3. The number of nitrogens with zero attached hydrogens (tertiary/aromatic N) is 4. The summed E-state index contributed by atoms with van der Waals surface area (Å²) in [5.74, 6) is 0. The van der Waals surface area contributed by atoms with Crippen molar-refractivity contribution in [1.29, 1.82) is 0 Å². The molecule has 2 aliphatic rings. The molecule has 0 aromatic heterocycles. The molecule has 0 unspecified atom stereocenters. The zero-order chi connectivity index (χ0) is 25.9. The van der Waals surface area contributed by atoms with E-state index < -0.39 is 0 Å². The third-order valence-corrected chi connectivity index (χ3v) is 7.67. The van der Waals surface area contributed by atoms with E-state index in [2.05, 4.69) is 109 Å². The zero-order valence-electron chi connectivity index (χ0n) is 23.1. The van der Waals surface area contributed by atoms with Crippen molar-refractivity contribution in [2.24, 2.45) is 9.98 Å². The molecule has 0 spiro atoms. The van der Waals surface area contributed by atoms with Gasteiger partial charge in [0.25, 0.3) is 0 Å². The maximum absolute atomic E-state index is 4.68. The van der Waals surface area contributed by atoms with E-state index in [1.54, 1.807) is 0 Å². The van der Waals surface area contributed by atoms with Crippen molar-refractivity contribution in [1.82, 2.24) is 0 Å². The molecule has 4 nitrogen and oxygen atoms in total. The standard InChI is InChI=1S/C33H40N4/c1-23-16-26(21-36(4)32-12-10-28(18-24(32)2)30-8-6-14-34-30)20-27(17-23)22-37(5)33-13-11-29(19-25(33)3)31-9-7-15-35-31/h10-13,16-20H,6-9,14-15,21-22H2,1-5H3. The van der Waals surface area contributed by atoms with Gasteiger partial charge in [0.2, 0.25) is 0 Å². The van der Waals surface area contributed by atoms with Crippen LogP contribution in [0.2, 0.25) is 0 Å². The van der Waals surface area contributed by atoms with Gasteiger partial charge in [-0.1, -0.05) is 35.9 Å². The van der Waals surface area contributed by atoms with E-state index in [9.17, 15) is 0 Å². The Morgan fingerprint density at radius 2 is 1.08 bits per heavy atom. The van der Waals surface area contributed by atoms with Gasteiger partial charge >= 0.3 is 0 Å². The summed E-state index contributed by atoms with van der Waals surface area (Å²) in [5, 5.41) is 0. The Labute approximate surface area is 222 Å². The van der Waals surface area contributed by atoms with Gasteiger partial charge < -0.3 is 9.80 Å². The average Bonchev–Trinajstić information content (AvgIpc) is 3.58. The SMILES string of the molecule is Cc1cc(CN(C)c2ccc(C3=NCCC3)cc2C)cc(CN(C)c2ccc(C3=NCCC3)cc2C)c1. The largest absolute Gasteiger partial charge is 0.370 e. The number of aliphatic imine (C=N–C) groups is 2. The predicted molar refractivity (Wildman–Crippen MR) is 159 cm³/mol. The molecule has 0 fully saturated rings. The molecule has 0 atom stereocenters. The molecule has 0 aliphatic carbocycles. The highest BCUT2D eigenvalue weighted by atomic mass is 15.1. The molecule has 2 aliphatic heterocycles. The minimum atomic E-state index is 0.884. The number of rotatable bonds is 8. The van der Waals surface area contributed by atoms with Crippen molar-refractivity contribution in [3.05, 3.63) is 93.5 Å². The van der Waals surface area contributed by atoms with Gasteiger partial charge in [0.05, 0.1) is 0 Å². The smallest absolute Gasteiger partial charge is 0.0426 e. The summed E-state index contributed by atoms with van der Waals surface area (Å²) >= 11 is 0. The zero-order valence-corrected chi connectivity index (χ0v) is 23.1. The Bertz CT molecular complexity index is 1250. The average molecular weight is 493 g/mol. The van der Waals surface area contributed by atoms with Crippen LogP contribution in [0, 0.1) is 20.8 Å². The van der Waals surface area contributed by atoms with Crippen LogP contribution in [0.5, 0.6) is 0 Å². The number of anilines is 2. The third kappa shape index (κ3) is 5.79. The number of hydrogen-bond donors (Lipinski definition) is 0. The predicted octanol–water partition coefficient (Wildman–Crippen LogP) is 7.05. The summed E-state index contributed by atoms with van der Waals surface area (Å²) in [6.45, 7) is 10.4. The van der Waals surface area contributed by atoms with E-state index in [4.69, 9.17) is 0 Å². The van der Waals surface area contributed by atoms with Crippen molar-refractivity contribution >= 4 is 22.8 Å². The van der Waals surface area contributed by atoms with Crippen molar-refractivity contribution in [2.75, 3.05) is 37.0 Å². The van der Waals surface area contributed by atoms with E-state index in [0.29, 0.717) is 0 Å². The molecule has 0 amide bonds. The Hall–Kier alpha value is -3.40. The van der Waals surface area contributed by atoms with Crippen molar-refractivity contribution in [2.45, 2.75) is 59.5 Å². The molecule has 192 valence electrons. The van der Waals surface area contributed by atoms with Gasteiger partial charge in [0.1, 0.15) is 0 Å². The molecule has 3 aromatic carbocycles. The highest BCUT2D eigenvalue weighted by Crippen LogP contribution is 2.27. The fraction of sp³-hybridized carbons (Fsp3) is 0.394. The van der Waals surface area contributed by atoms with Crippen LogP contribution in [-0.4, -0.2) is 38.6 Å². The molecule has 3 aromatic rings. The summed E-state index contributed by atoms with van der Waals surface area (Å²) in [4.78, 5) is 14.1. The van der Waals surface area contributed by atoms with E-state index in [-0.39, 0.29) is 0 Å². The first-order valence-electron chi connectivity index (χ1n) is 13.7. The maximum Gasteiger partial charge on any atom is 0.0426 e. The molecular weight excluding hydrogens is 452 g/mol. The number of aryl methyl sites for hydroxylation is 3. The van der Waals surface area contributed by atoms with Crippen LogP contribution in [0.15, 0.2) is 64.6 Å². The Morgan fingerprint density at radius 3 is 1.46 bits per heavy atom. The van der Waals surface area contributed by atoms with E-state index in [1.165, 1.54) is 74.6 Å². The highest BCUT2D eigenvalue weighted by molar-refractivity contribution is 6.02. The number of benzene rings is 3. The van der Waals surface area contributed by atoms with Crippen LogP contribution >= 0.6 is 0 Å². The normalized spacial score (nSPS) is 15.1. The lowest BCUT2D eigenvalue weighted by Gasteiger charge is -2.25. The molecule has 37 heavy (non-hydrogen) atoms. The Morgan fingerprint density at radius 1 is 0.622 bits per heavy atom. The van der Waals surface area contributed by atoms with Crippen molar-refractivity contribution < 1.29 is 0 Å². The monoisotopic (exact) mass is 492 g/mol. The molecule has 2 heterocycles. The topological polar surface area (TPSA) is 31.2 Å². The second-order valence-corrected chi connectivity index (χ2v) is 10.9. The molecule has 4 heteroatoms. The summed E-state index contributed by atoms with van der Waals surface area (Å²) < 4.78 is 0. The molecule has 5 rings (SSSR count). The number of hydrogen-bond acceptors (Lipinski definition) is 4. The van der Waals surface area contributed by atoms with Gasteiger partial charge in [-0.15, -0.1) is 0 Å². The van der Waals surface area contributed by atoms with Crippen LogP contribution in [0.25, 0.3) is 0 Å². The molecule has 0 bridgehead atoms. The molecule has 0 saturated heterocycles. The Kier molecular flexibility index (Phi) is 7.45. The van der Waals surface area contributed by atoms with Crippen LogP contribution < -0.4 is 9.80 Å². The van der Waals surface area contributed by atoms with Crippen LogP contribution in [0.4, 0.5) is 11.4 Å². The summed E-state index contributed by atoms with van der Waals surface area (Å²) in [6, 6.07) is 20.6. The third-order valence-electron chi connectivity index (χ3n) is 7.67. The van der Waals surface area contributed by atoms with Gasteiger partial charge in [0.15, 0.2) is 0 Å². The minimum Gasteiger partial charge on any atom is -0.370 e. The maximum atomic E-state index is 4.68. The summed E-state index contributed by atoms with van der Waals surface area (Å²) in [6.07, 6.45) is 4.57. The second-order valence-electron chi connectivity index (χ2n) is 10.9. The van der Waals surface area contributed by atoms with Crippen LogP contribution in [0.3, 0.4) is 0 Å². The summed E-state index contributed by atoms with van der Waals surface area (Å²) in [5.41, 5.74) is 14.3. The first-order valence-corrected chi connectivity index (χ1v) is 13.7. The Balaban J connectivity index is 1.29. The summed E-state index contributed by atoms with van der Waals surface area (Å²) in [7, 11) is 4.39. The van der Waals surface area contributed by atoms with Gasteiger partial charge in [-0.25, -0.2) is 0 Å². The lowest BCUT2D eigenvalue weighted by atomic mass is 10.0. The first-order chi connectivity index (χ1) is 17.9. The fourth-order valence-electron chi connectivity index (χ4n) is 5.93. The molecule has 0 saturated carbocycles. The van der Waals surface area contributed by atoms with Crippen molar-refractivity contribution in [3.63, 3.8) is 0 Å². The quantitative estimate of drug-likeness (QED) is 0.337. The van der Waals surface area contributed by atoms with E-state index in [0.717, 1.165) is 39.0 Å². The molecular formula is C33H40N4. The minimum absolute atomic E-state index is 0.884. The van der Waals surface area contributed by atoms with Gasteiger partial charge in [0, 0.05) is 63.1 Å². The second kappa shape index (κ2) is 10.9. The van der Waals surface area contributed by atoms with Crippen molar-refractivity contribution in [3.8, 4) is 0 Å². The van der Waals surface area contributed by atoms with E-state index >= 15 is 0 Å². The van der Waals surface area contributed by atoms with E-state index in [1.807, 2.05) is 0 Å². The lowest BCUT2D eigenvalue weighted by molar-refractivity contribution is 0.890. The van der Waals surface area contributed by atoms with Gasteiger partial charge in [-0.3, -0.25) is 9.98 Å². The van der Waals surface area contributed by atoms with Gasteiger partial charge in [-0.05, 0) is 104 Å².